The van der Waals surface area contributed by atoms with Crippen LogP contribution in [0.15, 0.2) is 12.3 Å². The molecule has 106 valence electrons. The Balaban J connectivity index is 2.77. The Morgan fingerprint density at radius 1 is 1.53 bits per heavy atom. The van der Waals surface area contributed by atoms with Crippen molar-refractivity contribution >= 4 is 23.5 Å². The van der Waals surface area contributed by atoms with Crippen LogP contribution < -0.4 is 10.6 Å². The second-order valence-corrected chi connectivity index (χ2v) is 5.43. The fourth-order valence-electron chi connectivity index (χ4n) is 1.56. The average molecular weight is 285 g/mol. The summed E-state index contributed by atoms with van der Waals surface area (Å²) in [5, 5.41) is 5.81. The Hall–Kier alpha value is -1.30. The second kappa shape index (κ2) is 7.99. The van der Waals surface area contributed by atoms with Crippen molar-refractivity contribution in [3.05, 3.63) is 23.6 Å². The van der Waals surface area contributed by atoms with E-state index in [0.29, 0.717) is 12.4 Å². The maximum Gasteiger partial charge on any atom is 0.255 e. The van der Waals surface area contributed by atoms with Gasteiger partial charge < -0.3 is 10.6 Å². The molecule has 0 saturated carbocycles. The normalized spacial score (nSPS) is 12.0. The zero-order valence-electron chi connectivity index (χ0n) is 11.5. The molecule has 0 bridgehead atoms. The molecule has 0 fully saturated rings. The van der Waals surface area contributed by atoms with Crippen LogP contribution in [0.1, 0.15) is 31.1 Å². The van der Waals surface area contributed by atoms with Crippen molar-refractivity contribution in [2.24, 2.45) is 0 Å². The van der Waals surface area contributed by atoms with E-state index in [1.165, 1.54) is 6.07 Å². The minimum absolute atomic E-state index is 0.0372. The Labute approximate surface area is 117 Å². The van der Waals surface area contributed by atoms with E-state index < -0.39 is 5.82 Å². The van der Waals surface area contributed by atoms with E-state index in [0.717, 1.165) is 17.7 Å². The number of hydrogen-bond acceptors (Lipinski definition) is 4. The van der Waals surface area contributed by atoms with Gasteiger partial charge in [0.2, 0.25) is 0 Å². The van der Waals surface area contributed by atoms with Crippen molar-refractivity contribution in [2.45, 2.75) is 26.8 Å². The summed E-state index contributed by atoms with van der Waals surface area (Å²) in [4.78, 5) is 16.0. The first kappa shape index (κ1) is 15.8. The van der Waals surface area contributed by atoms with Gasteiger partial charge >= 0.3 is 0 Å². The number of pyridine rings is 1. The maximum absolute atomic E-state index is 13.2. The van der Waals surface area contributed by atoms with Gasteiger partial charge in [-0.05, 0) is 25.7 Å². The standard InChI is InChI=1S/C13H20FN3OS/c1-4-15-12-11(6-10(14)7-16-12)13(18)17-9(3)8-19-5-2/h6-7,9H,4-5,8H2,1-3H3,(H,15,16)(H,17,18). The number of hydrogen-bond donors (Lipinski definition) is 2. The zero-order chi connectivity index (χ0) is 14.3. The lowest BCUT2D eigenvalue weighted by molar-refractivity contribution is 0.0944. The molecule has 1 aromatic heterocycles. The van der Waals surface area contributed by atoms with E-state index >= 15 is 0 Å². The molecule has 1 aromatic rings. The van der Waals surface area contributed by atoms with Gasteiger partial charge in [0, 0.05) is 18.3 Å². The van der Waals surface area contributed by atoms with Crippen molar-refractivity contribution in [3.63, 3.8) is 0 Å². The van der Waals surface area contributed by atoms with E-state index in [4.69, 9.17) is 0 Å². The smallest absolute Gasteiger partial charge is 0.255 e. The lowest BCUT2D eigenvalue weighted by Gasteiger charge is -2.15. The van der Waals surface area contributed by atoms with E-state index in [1.807, 2.05) is 13.8 Å². The first-order chi connectivity index (χ1) is 9.08. The second-order valence-electron chi connectivity index (χ2n) is 4.11. The van der Waals surface area contributed by atoms with Crippen LogP contribution in [-0.4, -0.2) is 35.0 Å². The number of nitrogens with one attached hydrogen (secondary N) is 2. The van der Waals surface area contributed by atoms with Gasteiger partial charge in [-0.2, -0.15) is 11.8 Å². The van der Waals surface area contributed by atoms with Crippen LogP contribution in [0.2, 0.25) is 0 Å². The van der Waals surface area contributed by atoms with Crippen LogP contribution in [0.25, 0.3) is 0 Å². The number of aromatic nitrogens is 1. The Morgan fingerprint density at radius 3 is 2.89 bits per heavy atom. The highest BCUT2D eigenvalue weighted by molar-refractivity contribution is 7.99. The summed E-state index contributed by atoms with van der Waals surface area (Å²) in [6, 6.07) is 1.25. The predicted molar refractivity (Wildman–Crippen MR) is 78.3 cm³/mol. The van der Waals surface area contributed by atoms with Crippen LogP contribution in [0.3, 0.4) is 0 Å². The van der Waals surface area contributed by atoms with Crippen LogP contribution in [-0.2, 0) is 0 Å². The molecule has 4 nitrogen and oxygen atoms in total. The molecule has 19 heavy (non-hydrogen) atoms. The molecule has 1 heterocycles. The minimum atomic E-state index is -0.512. The first-order valence-electron chi connectivity index (χ1n) is 6.36. The van der Waals surface area contributed by atoms with Crippen molar-refractivity contribution in [1.29, 1.82) is 0 Å². The molecule has 0 aromatic carbocycles. The lowest BCUT2D eigenvalue weighted by Crippen LogP contribution is -2.35. The summed E-state index contributed by atoms with van der Waals surface area (Å²) in [6.45, 7) is 6.52. The number of carbonyl (C=O) groups excluding carboxylic acids is 1. The SMILES string of the molecule is CCNc1ncc(F)cc1C(=O)NC(C)CSCC. The van der Waals surface area contributed by atoms with Gasteiger partial charge in [0.25, 0.3) is 5.91 Å². The Morgan fingerprint density at radius 2 is 2.26 bits per heavy atom. The quantitative estimate of drug-likeness (QED) is 0.808. The van der Waals surface area contributed by atoms with Crippen molar-refractivity contribution < 1.29 is 9.18 Å². The summed E-state index contributed by atoms with van der Waals surface area (Å²) in [7, 11) is 0. The summed E-state index contributed by atoms with van der Waals surface area (Å²) in [5.41, 5.74) is 0.246. The van der Waals surface area contributed by atoms with Gasteiger partial charge in [-0.25, -0.2) is 9.37 Å². The molecule has 1 amide bonds. The first-order valence-corrected chi connectivity index (χ1v) is 7.52. The van der Waals surface area contributed by atoms with Crippen LogP contribution >= 0.6 is 11.8 Å². The highest BCUT2D eigenvalue weighted by Gasteiger charge is 2.15. The summed E-state index contributed by atoms with van der Waals surface area (Å²) >= 11 is 1.75. The topological polar surface area (TPSA) is 54.0 Å². The Kier molecular flexibility index (Phi) is 6.62. The highest BCUT2D eigenvalue weighted by Crippen LogP contribution is 2.14. The number of carbonyl (C=O) groups is 1. The lowest BCUT2D eigenvalue weighted by atomic mass is 10.2. The minimum Gasteiger partial charge on any atom is -0.370 e. The van der Waals surface area contributed by atoms with E-state index in [1.54, 1.807) is 11.8 Å². The third-order valence-corrected chi connectivity index (χ3v) is 3.54. The van der Waals surface area contributed by atoms with Crippen LogP contribution in [0.5, 0.6) is 0 Å². The third-order valence-electron chi connectivity index (χ3n) is 2.39. The molecule has 0 saturated heterocycles. The molecule has 0 aliphatic rings. The molecular formula is C13H20FN3OS. The molecule has 1 rings (SSSR count). The molecular weight excluding hydrogens is 265 g/mol. The maximum atomic E-state index is 13.2. The van der Waals surface area contributed by atoms with Crippen LogP contribution in [0.4, 0.5) is 10.2 Å². The molecule has 1 unspecified atom stereocenters. The fraction of sp³-hybridized carbons (Fsp3) is 0.538. The van der Waals surface area contributed by atoms with E-state index in [9.17, 15) is 9.18 Å². The largest absolute Gasteiger partial charge is 0.370 e. The van der Waals surface area contributed by atoms with Gasteiger partial charge in [0.15, 0.2) is 0 Å². The average Bonchev–Trinajstić information content (AvgIpc) is 2.38. The fourth-order valence-corrected chi connectivity index (χ4v) is 2.23. The Bertz CT molecular complexity index is 428. The molecule has 0 spiro atoms. The van der Waals surface area contributed by atoms with E-state index in [-0.39, 0.29) is 17.5 Å². The summed E-state index contributed by atoms with van der Waals surface area (Å²) < 4.78 is 13.2. The number of nitrogens with zero attached hydrogens (tertiary/aromatic N) is 1. The van der Waals surface area contributed by atoms with Gasteiger partial charge in [0.1, 0.15) is 11.6 Å². The van der Waals surface area contributed by atoms with Crippen LogP contribution in [0, 0.1) is 5.82 Å². The van der Waals surface area contributed by atoms with Crippen molar-refractivity contribution in [2.75, 3.05) is 23.4 Å². The molecule has 0 aliphatic heterocycles. The highest BCUT2D eigenvalue weighted by atomic mass is 32.2. The zero-order valence-corrected chi connectivity index (χ0v) is 12.3. The van der Waals surface area contributed by atoms with Gasteiger partial charge in [-0.15, -0.1) is 0 Å². The molecule has 0 radical (unpaired) electrons. The van der Waals surface area contributed by atoms with Gasteiger partial charge in [0.05, 0.1) is 11.8 Å². The number of rotatable bonds is 7. The molecule has 1 atom stereocenters. The number of amides is 1. The monoisotopic (exact) mass is 285 g/mol. The number of halogens is 1. The number of anilines is 1. The van der Waals surface area contributed by atoms with E-state index in [2.05, 4.69) is 22.5 Å². The van der Waals surface area contributed by atoms with Crippen molar-refractivity contribution in [1.82, 2.24) is 10.3 Å². The molecule has 6 heteroatoms. The predicted octanol–water partition coefficient (Wildman–Crippen LogP) is 2.52. The summed E-state index contributed by atoms with van der Waals surface area (Å²) in [6.07, 6.45) is 1.10. The molecule has 2 N–H and O–H groups in total. The molecule has 0 aliphatic carbocycles. The third kappa shape index (κ3) is 5.06. The van der Waals surface area contributed by atoms with Gasteiger partial charge in [-0.3, -0.25) is 4.79 Å². The van der Waals surface area contributed by atoms with Gasteiger partial charge in [-0.1, -0.05) is 6.92 Å². The van der Waals surface area contributed by atoms with Crippen molar-refractivity contribution in [3.8, 4) is 0 Å². The number of thioether (sulfide) groups is 1. The summed E-state index contributed by atoms with van der Waals surface area (Å²) in [5.74, 6) is 1.44.